The molecule has 0 radical (unpaired) electrons. The molecule has 1 heterocycles. The van der Waals surface area contributed by atoms with Crippen molar-refractivity contribution in [1.82, 2.24) is 9.88 Å². The predicted octanol–water partition coefficient (Wildman–Crippen LogP) is 2.92. The topological polar surface area (TPSA) is 59.5 Å². The van der Waals surface area contributed by atoms with Crippen LogP contribution in [0.2, 0.25) is 0 Å². The Hall–Kier alpha value is -2.69. The van der Waals surface area contributed by atoms with Gasteiger partial charge >= 0.3 is 5.97 Å². The molecule has 0 aliphatic carbocycles. The molecule has 2 aromatic rings. The molecule has 0 saturated carbocycles. The number of nitrogens with zero attached hydrogens (tertiary/aromatic N) is 2. The first kappa shape index (κ1) is 16.7. The summed E-state index contributed by atoms with van der Waals surface area (Å²) in [4.78, 5) is 29.9. The average Bonchev–Trinajstić information content (AvgIpc) is 2.61. The number of carbonyl (C=O) groups excluding carboxylic acids is 2. The Kier molecular flexibility index (Phi) is 5.86. The summed E-state index contributed by atoms with van der Waals surface area (Å²) in [7, 11) is 1.31. The number of rotatable bonds is 6. The van der Waals surface area contributed by atoms with Crippen LogP contribution in [0.3, 0.4) is 0 Å². The normalized spacial score (nSPS) is 10.2. The summed E-state index contributed by atoms with van der Waals surface area (Å²) in [6.45, 7) is 3.21. The molecule has 0 fully saturated rings. The van der Waals surface area contributed by atoms with Crippen LogP contribution < -0.4 is 0 Å². The molecule has 120 valence electrons. The molecule has 0 aliphatic heterocycles. The van der Waals surface area contributed by atoms with Crippen LogP contribution in [0.25, 0.3) is 0 Å². The van der Waals surface area contributed by atoms with Gasteiger partial charge in [-0.25, -0.2) is 4.79 Å². The summed E-state index contributed by atoms with van der Waals surface area (Å²) < 4.78 is 4.63. The molecule has 0 unspecified atom stereocenters. The second kappa shape index (κ2) is 8.08. The van der Waals surface area contributed by atoms with Gasteiger partial charge in [0.1, 0.15) is 5.69 Å². The molecule has 5 nitrogen and oxygen atoms in total. The maximum absolute atomic E-state index is 12.6. The highest BCUT2D eigenvalue weighted by atomic mass is 16.5. The van der Waals surface area contributed by atoms with Crippen molar-refractivity contribution in [3.05, 3.63) is 65.5 Å². The first-order chi connectivity index (χ1) is 11.2. The lowest BCUT2D eigenvalue weighted by Gasteiger charge is -2.22. The molecule has 0 spiro atoms. The van der Waals surface area contributed by atoms with Crippen molar-refractivity contribution in [1.29, 1.82) is 0 Å². The van der Waals surface area contributed by atoms with Gasteiger partial charge < -0.3 is 9.64 Å². The molecule has 0 bridgehead atoms. The summed E-state index contributed by atoms with van der Waals surface area (Å²) in [5, 5.41) is 0. The Morgan fingerprint density at radius 1 is 1.13 bits per heavy atom. The number of hydrogen-bond acceptors (Lipinski definition) is 4. The molecule has 1 aromatic heterocycles. The van der Waals surface area contributed by atoms with Crippen molar-refractivity contribution < 1.29 is 14.3 Å². The fourth-order valence-electron chi connectivity index (χ4n) is 2.25. The van der Waals surface area contributed by atoms with Crippen LogP contribution in [0, 0.1) is 0 Å². The zero-order chi connectivity index (χ0) is 16.7. The van der Waals surface area contributed by atoms with Crippen LogP contribution in [0.1, 0.15) is 39.8 Å². The highest BCUT2D eigenvalue weighted by molar-refractivity contribution is 5.94. The molecule has 0 saturated heterocycles. The van der Waals surface area contributed by atoms with E-state index in [1.807, 2.05) is 37.3 Å². The van der Waals surface area contributed by atoms with Crippen molar-refractivity contribution in [2.75, 3.05) is 13.7 Å². The van der Waals surface area contributed by atoms with Gasteiger partial charge in [-0.3, -0.25) is 9.78 Å². The minimum absolute atomic E-state index is 0.146. The van der Waals surface area contributed by atoms with Crippen LogP contribution in [0.4, 0.5) is 0 Å². The maximum Gasteiger partial charge on any atom is 0.339 e. The van der Waals surface area contributed by atoms with E-state index < -0.39 is 5.97 Å². The maximum atomic E-state index is 12.6. The third-order valence-corrected chi connectivity index (χ3v) is 3.40. The third-order valence-electron chi connectivity index (χ3n) is 3.40. The van der Waals surface area contributed by atoms with E-state index >= 15 is 0 Å². The molecule has 0 N–H and O–H groups in total. The Morgan fingerprint density at radius 3 is 2.43 bits per heavy atom. The lowest BCUT2D eigenvalue weighted by molar-refractivity contribution is 0.0599. The summed E-state index contributed by atoms with van der Waals surface area (Å²) in [5.41, 5.74) is 1.72. The first-order valence-electron chi connectivity index (χ1n) is 7.53. The fourth-order valence-corrected chi connectivity index (χ4v) is 2.25. The minimum Gasteiger partial charge on any atom is -0.465 e. The van der Waals surface area contributed by atoms with Crippen molar-refractivity contribution in [3.63, 3.8) is 0 Å². The molecule has 2 rings (SSSR count). The third kappa shape index (κ3) is 4.39. The number of benzene rings is 1. The quantitative estimate of drug-likeness (QED) is 0.770. The number of esters is 1. The Balaban J connectivity index is 2.15. The summed E-state index contributed by atoms with van der Waals surface area (Å²) in [6, 6.07) is 12.9. The van der Waals surface area contributed by atoms with Gasteiger partial charge in [-0.2, -0.15) is 0 Å². The molecule has 1 aromatic carbocycles. The number of ether oxygens (including phenoxy) is 1. The van der Waals surface area contributed by atoms with Crippen LogP contribution in [0.5, 0.6) is 0 Å². The van der Waals surface area contributed by atoms with Gasteiger partial charge in [-0.1, -0.05) is 37.3 Å². The van der Waals surface area contributed by atoms with Gasteiger partial charge in [0.2, 0.25) is 0 Å². The van der Waals surface area contributed by atoms with E-state index in [2.05, 4.69) is 9.72 Å². The zero-order valence-corrected chi connectivity index (χ0v) is 13.4. The number of hydrogen-bond donors (Lipinski definition) is 0. The van der Waals surface area contributed by atoms with Gasteiger partial charge in [0.25, 0.3) is 5.91 Å². The molecule has 0 atom stereocenters. The van der Waals surface area contributed by atoms with Crippen molar-refractivity contribution in [3.8, 4) is 0 Å². The monoisotopic (exact) mass is 312 g/mol. The van der Waals surface area contributed by atoms with Crippen molar-refractivity contribution in [2.24, 2.45) is 0 Å². The minimum atomic E-state index is -0.466. The van der Waals surface area contributed by atoms with Crippen molar-refractivity contribution >= 4 is 11.9 Å². The number of aromatic nitrogens is 1. The molecule has 23 heavy (non-hydrogen) atoms. The van der Waals surface area contributed by atoms with Gasteiger partial charge in [0, 0.05) is 19.3 Å². The van der Waals surface area contributed by atoms with Crippen LogP contribution in [-0.4, -0.2) is 35.4 Å². The van der Waals surface area contributed by atoms with E-state index in [-0.39, 0.29) is 5.91 Å². The van der Waals surface area contributed by atoms with E-state index in [1.54, 1.807) is 17.0 Å². The number of carbonyl (C=O) groups is 2. The molecular formula is C18H20N2O3. The molecule has 0 aliphatic rings. The van der Waals surface area contributed by atoms with Crippen LogP contribution >= 0.6 is 0 Å². The summed E-state index contributed by atoms with van der Waals surface area (Å²) >= 11 is 0. The summed E-state index contributed by atoms with van der Waals surface area (Å²) in [6.07, 6.45) is 2.23. The standard InChI is InChI=1S/C18H20N2O3/c1-3-11-20(13-14-7-5-4-6-8-14)17(21)16-10-9-15(12-19-16)18(22)23-2/h4-10,12H,3,11,13H2,1-2H3. The Bertz CT molecular complexity index is 654. The first-order valence-corrected chi connectivity index (χ1v) is 7.53. The number of amides is 1. The zero-order valence-electron chi connectivity index (χ0n) is 13.4. The number of pyridine rings is 1. The second-order valence-electron chi connectivity index (χ2n) is 5.14. The predicted molar refractivity (Wildman–Crippen MR) is 87.1 cm³/mol. The molecular weight excluding hydrogens is 292 g/mol. The van der Waals surface area contributed by atoms with Gasteiger partial charge in [-0.15, -0.1) is 0 Å². The SMILES string of the molecule is CCCN(Cc1ccccc1)C(=O)c1ccc(C(=O)OC)cn1. The van der Waals surface area contributed by atoms with Gasteiger partial charge in [-0.05, 0) is 24.1 Å². The van der Waals surface area contributed by atoms with E-state index in [0.717, 1.165) is 12.0 Å². The Labute approximate surface area is 135 Å². The fraction of sp³-hybridized carbons (Fsp3) is 0.278. The van der Waals surface area contributed by atoms with E-state index in [9.17, 15) is 9.59 Å². The van der Waals surface area contributed by atoms with Crippen LogP contribution in [0.15, 0.2) is 48.7 Å². The van der Waals surface area contributed by atoms with Gasteiger partial charge in [0.05, 0.1) is 12.7 Å². The molecule has 1 amide bonds. The molecule has 5 heteroatoms. The average molecular weight is 312 g/mol. The lowest BCUT2D eigenvalue weighted by Crippen LogP contribution is -2.32. The second-order valence-corrected chi connectivity index (χ2v) is 5.14. The van der Waals surface area contributed by atoms with Gasteiger partial charge in [0.15, 0.2) is 0 Å². The number of methoxy groups -OCH3 is 1. The largest absolute Gasteiger partial charge is 0.465 e. The van der Waals surface area contributed by atoms with E-state index in [4.69, 9.17) is 0 Å². The highest BCUT2D eigenvalue weighted by Crippen LogP contribution is 2.10. The van der Waals surface area contributed by atoms with E-state index in [0.29, 0.717) is 24.3 Å². The highest BCUT2D eigenvalue weighted by Gasteiger charge is 2.17. The van der Waals surface area contributed by atoms with Crippen molar-refractivity contribution in [2.45, 2.75) is 19.9 Å². The van der Waals surface area contributed by atoms with E-state index in [1.165, 1.54) is 13.3 Å². The van der Waals surface area contributed by atoms with Crippen LogP contribution in [-0.2, 0) is 11.3 Å². The lowest BCUT2D eigenvalue weighted by atomic mass is 10.2. The summed E-state index contributed by atoms with van der Waals surface area (Å²) in [5.74, 6) is -0.613. The smallest absolute Gasteiger partial charge is 0.339 e. The Morgan fingerprint density at radius 2 is 1.87 bits per heavy atom.